The van der Waals surface area contributed by atoms with E-state index in [9.17, 15) is 22.8 Å². The van der Waals surface area contributed by atoms with Crippen LogP contribution in [0.15, 0.2) is 60.7 Å². The maximum atomic E-state index is 14.6. The van der Waals surface area contributed by atoms with Gasteiger partial charge in [0.25, 0.3) is 5.19 Å². The minimum Gasteiger partial charge on any atom is -0.497 e. The van der Waals surface area contributed by atoms with E-state index in [1.165, 1.54) is 11.3 Å². The third kappa shape index (κ3) is 7.58. The number of methoxy groups -OCH3 is 1. The molecule has 5 atom stereocenters. The lowest BCUT2D eigenvalue weighted by Crippen LogP contribution is -2.47. The van der Waals surface area contributed by atoms with Crippen molar-refractivity contribution in [1.82, 2.24) is 14.6 Å². The van der Waals surface area contributed by atoms with Crippen LogP contribution in [0.2, 0.25) is 0 Å². The van der Waals surface area contributed by atoms with E-state index in [1.54, 1.807) is 18.9 Å². The molecule has 0 bridgehead atoms. The number of carbonyl (C=O) groups excluding carboxylic acids is 3. The number of allylic oxidation sites excluding steroid dienone is 2. The summed E-state index contributed by atoms with van der Waals surface area (Å²) < 4.78 is 40.4. The Labute approximate surface area is 304 Å². The van der Waals surface area contributed by atoms with Crippen molar-refractivity contribution in [2.75, 3.05) is 13.7 Å². The number of nitrogens with one attached hydrogen (secondary N) is 1. The van der Waals surface area contributed by atoms with Gasteiger partial charge in [-0.2, -0.15) is 0 Å². The molecule has 2 saturated carbocycles. The third-order valence-electron chi connectivity index (χ3n) is 11.4. The van der Waals surface area contributed by atoms with Crippen molar-refractivity contribution in [3.05, 3.63) is 66.2 Å². The first-order valence-electron chi connectivity index (χ1n) is 18.2. The molecule has 51 heavy (non-hydrogen) atoms. The van der Waals surface area contributed by atoms with E-state index >= 15 is 0 Å². The van der Waals surface area contributed by atoms with Crippen LogP contribution >= 0.6 is 11.3 Å². The van der Waals surface area contributed by atoms with Gasteiger partial charge in [-0.1, -0.05) is 66.7 Å². The first kappa shape index (κ1) is 35.6. The Balaban J connectivity index is 1.16. The van der Waals surface area contributed by atoms with Gasteiger partial charge in [0.05, 0.1) is 40.1 Å². The van der Waals surface area contributed by atoms with Crippen molar-refractivity contribution in [1.29, 1.82) is 0 Å². The zero-order chi connectivity index (χ0) is 35.8. The van der Waals surface area contributed by atoms with E-state index in [0.717, 1.165) is 54.3 Å². The molecule has 0 unspecified atom stereocenters. The van der Waals surface area contributed by atoms with Gasteiger partial charge in [0.15, 0.2) is 5.78 Å². The summed E-state index contributed by atoms with van der Waals surface area (Å²) in [7, 11) is -2.27. The molecule has 1 N–H and O–H groups in total. The Hall–Kier alpha value is -3.77. The zero-order valence-electron chi connectivity index (χ0n) is 29.3. The Bertz CT molecular complexity index is 1920. The Morgan fingerprint density at radius 3 is 2.67 bits per heavy atom. The Morgan fingerprint density at radius 2 is 1.90 bits per heavy atom. The number of Topliss-reactive ketones (excluding diaryl/α,β-unsaturated/α-hetero) is 1. The molecule has 3 heterocycles. The number of thiazole rings is 1. The zero-order valence-corrected chi connectivity index (χ0v) is 31.0. The molecule has 272 valence electrons. The SMILES string of the molecule is COc1ccc2nc(O[C@@H]3C[C@H]4C(=O)C[C@]5(C(=O)NS(=O)(=O)C6(C)CC6)C[C@H]5/C=C\CCCCC[C@H](CCc5ccccc5)C(=O)N4C3)sc2c1. The number of amides is 2. The summed E-state index contributed by atoms with van der Waals surface area (Å²) in [6.07, 6.45) is 10.9. The molecular weight excluding hydrogens is 687 g/mol. The molecule has 0 radical (unpaired) electrons. The number of ether oxygens (including phenoxy) is 2. The number of rotatable bonds is 9. The lowest BCUT2D eigenvalue weighted by atomic mass is 9.90. The predicted molar refractivity (Wildman–Crippen MR) is 196 cm³/mol. The average molecular weight is 734 g/mol. The molecule has 4 aliphatic rings. The number of fused-ring (bicyclic) bond motifs is 3. The van der Waals surface area contributed by atoms with E-state index in [1.807, 2.05) is 42.5 Å². The summed E-state index contributed by atoms with van der Waals surface area (Å²) in [5, 5.41) is 0.452. The van der Waals surface area contributed by atoms with Crippen molar-refractivity contribution < 1.29 is 32.3 Å². The number of benzene rings is 2. The summed E-state index contributed by atoms with van der Waals surface area (Å²) in [6, 6.07) is 14.9. The van der Waals surface area contributed by atoms with E-state index in [4.69, 9.17) is 9.47 Å². The molecule has 10 nitrogen and oxygen atoms in total. The number of aromatic nitrogens is 1. The molecule has 12 heteroatoms. The lowest BCUT2D eigenvalue weighted by molar-refractivity contribution is -0.142. The molecule has 1 aromatic heterocycles. The van der Waals surface area contributed by atoms with E-state index in [-0.39, 0.29) is 42.9 Å². The fraction of sp³-hybridized carbons (Fsp3) is 0.538. The molecule has 1 saturated heterocycles. The third-order valence-corrected chi connectivity index (χ3v) is 14.5. The molecule has 2 aliphatic heterocycles. The van der Waals surface area contributed by atoms with Crippen LogP contribution in [0.4, 0.5) is 0 Å². The first-order valence-corrected chi connectivity index (χ1v) is 20.5. The molecule has 2 aromatic carbocycles. The van der Waals surface area contributed by atoms with Gasteiger partial charge in [-0.15, -0.1) is 0 Å². The van der Waals surface area contributed by atoms with E-state index in [2.05, 4.69) is 27.9 Å². The number of sulfonamides is 1. The van der Waals surface area contributed by atoms with Crippen LogP contribution in [0.5, 0.6) is 10.9 Å². The van der Waals surface area contributed by atoms with Gasteiger partial charge in [-0.25, -0.2) is 13.4 Å². The standard InChI is InChI=1S/C39H47N3O7S2/c1-38(19-20-38)51(46,47)41-36(45)39-23-28(39)14-10-5-3-4-9-13-27(16-15-26-11-7-6-8-12-26)35(44)42-25-30(21-32(42)33(43)24-39)49-37-40-31-18-17-29(48-2)22-34(31)50-37/h6-8,10-12,14,17-18,22,27-28,30,32H,3-5,9,13,15-16,19-21,23-25H2,1-2H3,(H,41,45)/b14-10-/t27-,28-,30-,32+,39-/m1/s1. The van der Waals surface area contributed by atoms with E-state index in [0.29, 0.717) is 36.6 Å². The number of ketones is 1. The second kappa shape index (κ2) is 14.3. The molecule has 2 amide bonds. The van der Waals surface area contributed by atoms with Crippen molar-refractivity contribution in [3.63, 3.8) is 0 Å². The predicted octanol–water partition coefficient (Wildman–Crippen LogP) is 6.39. The maximum absolute atomic E-state index is 14.6. The molecule has 3 fully saturated rings. The van der Waals surface area contributed by atoms with Crippen molar-refractivity contribution in [3.8, 4) is 10.9 Å². The second-order valence-corrected chi connectivity index (χ2v) is 18.3. The highest BCUT2D eigenvalue weighted by Gasteiger charge is 2.62. The fourth-order valence-corrected chi connectivity index (χ4v) is 9.93. The highest BCUT2D eigenvalue weighted by molar-refractivity contribution is 7.91. The normalized spacial score (nSPS) is 28.5. The summed E-state index contributed by atoms with van der Waals surface area (Å²) in [5.74, 6) is -0.714. The van der Waals surface area contributed by atoms with Gasteiger partial charge in [0.2, 0.25) is 21.8 Å². The van der Waals surface area contributed by atoms with Crippen LogP contribution in [-0.4, -0.2) is 66.4 Å². The topological polar surface area (TPSA) is 132 Å². The number of aryl methyl sites for hydroxylation is 1. The molecule has 0 spiro atoms. The molecule has 3 aromatic rings. The van der Waals surface area contributed by atoms with Gasteiger partial charge in [-0.3, -0.25) is 19.1 Å². The summed E-state index contributed by atoms with van der Waals surface area (Å²) in [4.78, 5) is 49.2. The quantitative estimate of drug-likeness (QED) is 0.251. The number of carbonyl (C=O) groups is 3. The summed E-state index contributed by atoms with van der Waals surface area (Å²) >= 11 is 1.39. The van der Waals surface area contributed by atoms with Crippen molar-refractivity contribution in [2.24, 2.45) is 17.3 Å². The molecule has 2 aliphatic carbocycles. The minimum absolute atomic E-state index is 0.0625. The van der Waals surface area contributed by atoms with Gasteiger partial charge in [0.1, 0.15) is 11.9 Å². The second-order valence-electron chi connectivity index (χ2n) is 15.1. The van der Waals surface area contributed by atoms with Crippen molar-refractivity contribution >= 4 is 49.2 Å². The Morgan fingerprint density at radius 1 is 1.10 bits per heavy atom. The first-order chi connectivity index (χ1) is 24.5. The smallest absolute Gasteiger partial charge is 0.274 e. The Kier molecular flexibility index (Phi) is 10.0. The largest absolute Gasteiger partial charge is 0.497 e. The fourth-order valence-electron chi connectivity index (χ4n) is 7.69. The number of hydrogen-bond acceptors (Lipinski definition) is 9. The van der Waals surface area contributed by atoms with Crippen molar-refractivity contribution in [2.45, 2.75) is 101 Å². The molecular formula is C39H47N3O7S2. The van der Waals surface area contributed by atoms with Gasteiger partial charge in [-0.05, 0) is 88.0 Å². The highest BCUT2D eigenvalue weighted by atomic mass is 32.2. The van der Waals surface area contributed by atoms with Crippen LogP contribution in [-0.2, 0) is 30.8 Å². The van der Waals surface area contributed by atoms with Crippen LogP contribution < -0.4 is 14.2 Å². The summed E-state index contributed by atoms with van der Waals surface area (Å²) in [6.45, 7) is 1.87. The van der Waals surface area contributed by atoms with Crippen LogP contribution in [0, 0.1) is 17.3 Å². The summed E-state index contributed by atoms with van der Waals surface area (Å²) in [5.41, 5.74) is 0.766. The highest BCUT2D eigenvalue weighted by Crippen LogP contribution is 2.57. The monoisotopic (exact) mass is 733 g/mol. The molecule has 7 rings (SSSR count). The van der Waals surface area contributed by atoms with Gasteiger partial charge >= 0.3 is 0 Å². The number of hydrogen-bond donors (Lipinski definition) is 1. The lowest BCUT2D eigenvalue weighted by Gasteiger charge is -2.29. The van der Waals surface area contributed by atoms with Crippen LogP contribution in [0.25, 0.3) is 10.2 Å². The number of nitrogens with zero attached hydrogens (tertiary/aromatic N) is 2. The van der Waals surface area contributed by atoms with Crippen LogP contribution in [0.3, 0.4) is 0 Å². The van der Waals surface area contributed by atoms with Crippen LogP contribution in [0.1, 0.15) is 83.1 Å². The van der Waals surface area contributed by atoms with E-state index < -0.39 is 38.2 Å². The average Bonchev–Trinajstić information content (AvgIpc) is 3.93. The van der Waals surface area contributed by atoms with Gasteiger partial charge < -0.3 is 14.4 Å². The minimum atomic E-state index is -3.89. The maximum Gasteiger partial charge on any atom is 0.274 e. The van der Waals surface area contributed by atoms with Gasteiger partial charge in [0, 0.05) is 18.8 Å².